The van der Waals surface area contributed by atoms with Crippen molar-refractivity contribution >= 4 is 27.7 Å². The van der Waals surface area contributed by atoms with E-state index >= 15 is 0 Å². The van der Waals surface area contributed by atoms with Gasteiger partial charge in [0.25, 0.3) is 15.9 Å². The number of hydrogen-bond acceptors (Lipinski definition) is 3. The zero-order valence-corrected chi connectivity index (χ0v) is 17.5. The van der Waals surface area contributed by atoms with Crippen LogP contribution in [0.1, 0.15) is 22.3 Å². The molecule has 4 nitrogen and oxygen atoms in total. The molecule has 1 amide bonds. The first-order chi connectivity index (χ1) is 13.8. The Hall–Kier alpha value is -3.18. The first-order valence-corrected chi connectivity index (χ1v) is 10.7. The molecule has 0 unspecified atom stereocenters. The summed E-state index contributed by atoms with van der Waals surface area (Å²) in [7, 11) is -4.06. The van der Waals surface area contributed by atoms with Crippen molar-refractivity contribution in [3.8, 4) is 0 Å². The third kappa shape index (κ3) is 4.81. The van der Waals surface area contributed by atoms with E-state index in [0.29, 0.717) is 5.69 Å². The van der Waals surface area contributed by atoms with Crippen LogP contribution in [-0.2, 0) is 14.8 Å². The Morgan fingerprint density at radius 3 is 1.69 bits per heavy atom. The van der Waals surface area contributed by atoms with Crippen molar-refractivity contribution < 1.29 is 13.2 Å². The molecule has 5 heteroatoms. The summed E-state index contributed by atoms with van der Waals surface area (Å²) in [6, 6.07) is 20.9. The van der Waals surface area contributed by atoms with Crippen molar-refractivity contribution in [1.82, 2.24) is 0 Å². The first-order valence-electron chi connectivity index (χ1n) is 9.25. The van der Waals surface area contributed by atoms with E-state index in [4.69, 9.17) is 0 Å². The molecule has 0 heterocycles. The van der Waals surface area contributed by atoms with Gasteiger partial charge in [0.2, 0.25) is 0 Å². The summed E-state index contributed by atoms with van der Waals surface area (Å²) in [5, 5.41) is 0. The molecule has 0 aromatic heterocycles. The molecule has 3 rings (SSSR count). The molecule has 0 radical (unpaired) electrons. The fourth-order valence-electron chi connectivity index (χ4n) is 2.79. The van der Waals surface area contributed by atoms with Crippen LogP contribution in [0.4, 0.5) is 5.69 Å². The van der Waals surface area contributed by atoms with E-state index in [1.807, 2.05) is 45.0 Å². The quantitative estimate of drug-likeness (QED) is 0.558. The van der Waals surface area contributed by atoms with Crippen molar-refractivity contribution in [2.24, 2.45) is 0 Å². The SMILES string of the molecule is Cc1ccc(/C=C/C(=O)N(c2ccc(C)cc2)S(=O)(=O)c2ccc(C)cc2)cc1. The van der Waals surface area contributed by atoms with Gasteiger partial charge in [0.05, 0.1) is 10.6 Å². The molecule has 0 fully saturated rings. The average molecular weight is 406 g/mol. The maximum absolute atomic E-state index is 13.3. The van der Waals surface area contributed by atoms with Crippen molar-refractivity contribution in [3.63, 3.8) is 0 Å². The van der Waals surface area contributed by atoms with Crippen molar-refractivity contribution in [2.75, 3.05) is 4.31 Å². The van der Waals surface area contributed by atoms with Crippen LogP contribution in [0.2, 0.25) is 0 Å². The van der Waals surface area contributed by atoms with Gasteiger partial charge in [-0.05, 0) is 56.7 Å². The van der Waals surface area contributed by atoms with E-state index < -0.39 is 15.9 Å². The number of amides is 1. The molecule has 0 aliphatic heterocycles. The van der Waals surface area contributed by atoms with Gasteiger partial charge in [-0.1, -0.05) is 65.2 Å². The molecule has 0 saturated carbocycles. The maximum Gasteiger partial charge on any atom is 0.271 e. The van der Waals surface area contributed by atoms with Crippen LogP contribution in [0.3, 0.4) is 0 Å². The molecule has 0 aliphatic rings. The van der Waals surface area contributed by atoms with Crippen LogP contribution in [-0.4, -0.2) is 14.3 Å². The van der Waals surface area contributed by atoms with E-state index in [1.165, 1.54) is 18.2 Å². The normalized spacial score (nSPS) is 11.6. The van der Waals surface area contributed by atoms with Gasteiger partial charge in [0, 0.05) is 6.08 Å². The lowest BCUT2D eigenvalue weighted by Crippen LogP contribution is -2.35. The lowest BCUT2D eigenvalue weighted by atomic mass is 10.1. The molecule has 0 saturated heterocycles. The number of anilines is 1. The Morgan fingerprint density at radius 2 is 1.17 bits per heavy atom. The molecular weight excluding hydrogens is 382 g/mol. The second-order valence-electron chi connectivity index (χ2n) is 7.00. The summed E-state index contributed by atoms with van der Waals surface area (Å²) in [5.41, 5.74) is 4.15. The van der Waals surface area contributed by atoms with Crippen LogP contribution < -0.4 is 4.31 Å². The van der Waals surface area contributed by atoms with Gasteiger partial charge in [0.15, 0.2) is 0 Å². The minimum Gasteiger partial charge on any atom is -0.268 e. The molecule has 0 atom stereocenters. The number of hydrogen-bond donors (Lipinski definition) is 0. The lowest BCUT2D eigenvalue weighted by Gasteiger charge is -2.21. The van der Waals surface area contributed by atoms with Crippen LogP contribution in [0, 0.1) is 20.8 Å². The van der Waals surface area contributed by atoms with Crippen molar-refractivity contribution in [1.29, 1.82) is 0 Å². The number of nitrogens with zero attached hydrogens (tertiary/aromatic N) is 1. The number of sulfonamides is 1. The Balaban J connectivity index is 2.02. The topological polar surface area (TPSA) is 54.5 Å². The highest BCUT2D eigenvalue weighted by molar-refractivity contribution is 7.93. The standard InChI is InChI=1S/C24H23NO3S/c1-18-4-10-21(11-5-18)12-17-24(26)25(22-13-6-19(2)7-14-22)29(27,28)23-15-8-20(3)9-16-23/h4-17H,1-3H3/b17-12+. The highest BCUT2D eigenvalue weighted by Gasteiger charge is 2.29. The fraction of sp³-hybridized carbons (Fsp3) is 0.125. The minimum absolute atomic E-state index is 0.0701. The van der Waals surface area contributed by atoms with Crippen molar-refractivity contribution in [3.05, 3.63) is 101 Å². The van der Waals surface area contributed by atoms with E-state index in [2.05, 4.69) is 0 Å². The van der Waals surface area contributed by atoms with E-state index in [1.54, 1.807) is 42.5 Å². The molecule has 29 heavy (non-hydrogen) atoms. The number of benzene rings is 3. The average Bonchev–Trinajstić information content (AvgIpc) is 2.69. The predicted octanol–water partition coefficient (Wildman–Crippen LogP) is 5.05. The van der Waals surface area contributed by atoms with Gasteiger partial charge in [-0.3, -0.25) is 4.79 Å². The zero-order chi connectivity index (χ0) is 21.0. The monoisotopic (exact) mass is 405 g/mol. The molecule has 0 aliphatic carbocycles. The largest absolute Gasteiger partial charge is 0.271 e. The van der Waals surface area contributed by atoms with Gasteiger partial charge in [-0.25, -0.2) is 8.42 Å². The van der Waals surface area contributed by atoms with Crippen LogP contribution in [0.15, 0.2) is 83.8 Å². The predicted molar refractivity (Wildman–Crippen MR) is 117 cm³/mol. The van der Waals surface area contributed by atoms with Crippen LogP contribution in [0.25, 0.3) is 6.08 Å². The second kappa shape index (κ2) is 8.45. The third-order valence-electron chi connectivity index (χ3n) is 4.52. The summed E-state index contributed by atoms with van der Waals surface area (Å²) >= 11 is 0. The van der Waals surface area contributed by atoms with Gasteiger partial charge in [0.1, 0.15) is 0 Å². The summed E-state index contributed by atoms with van der Waals surface area (Å²) in [4.78, 5) is 13.1. The summed E-state index contributed by atoms with van der Waals surface area (Å²) in [5.74, 6) is -0.630. The highest BCUT2D eigenvalue weighted by Crippen LogP contribution is 2.25. The summed E-state index contributed by atoms with van der Waals surface area (Å²) in [6.07, 6.45) is 2.91. The molecule has 148 valence electrons. The zero-order valence-electron chi connectivity index (χ0n) is 16.7. The Bertz CT molecular complexity index is 1130. The van der Waals surface area contributed by atoms with Crippen molar-refractivity contribution in [2.45, 2.75) is 25.7 Å². The Kier molecular flexibility index (Phi) is 5.99. The third-order valence-corrected chi connectivity index (χ3v) is 6.26. The maximum atomic E-state index is 13.3. The molecular formula is C24H23NO3S. The number of carbonyl (C=O) groups excluding carboxylic acids is 1. The molecule has 3 aromatic rings. The second-order valence-corrected chi connectivity index (χ2v) is 8.79. The van der Waals surface area contributed by atoms with Gasteiger partial charge < -0.3 is 0 Å². The van der Waals surface area contributed by atoms with Gasteiger partial charge >= 0.3 is 0 Å². The first kappa shape index (κ1) is 20.6. The van der Waals surface area contributed by atoms with E-state index in [0.717, 1.165) is 26.6 Å². The molecule has 0 spiro atoms. The minimum atomic E-state index is -4.06. The highest BCUT2D eigenvalue weighted by atomic mass is 32.2. The van der Waals surface area contributed by atoms with Crippen LogP contribution >= 0.6 is 0 Å². The lowest BCUT2D eigenvalue weighted by molar-refractivity contribution is -0.113. The van der Waals surface area contributed by atoms with Crippen LogP contribution in [0.5, 0.6) is 0 Å². The molecule has 3 aromatic carbocycles. The van der Waals surface area contributed by atoms with E-state index in [-0.39, 0.29) is 4.90 Å². The number of rotatable bonds is 5. The van der Waals surface area contributed by atoms with Gasteiger partial charge in [-0.2, -0.15) is 4.31 Å². The van der Waals surface area contributed by atoms with Gasteiger partial charge in [-0.15, -0.1) is 0 Å². The van der Waals surface area contributed by atoms with E-state index in [9.17, 15) is 13.2 Å². The summed E-state index contributed by atoms with van der Waals surface area (Å²) < 4.78 is 27.4. The smallest absolute Gasteiger partial charge is 0.268 e. The Labute approximate surface area is 172 Å². The molecule has 0 N–H and O–H groups in total. The number of carbonyl (C=O) groups is 1. The number of aryl methyl sites for hydroxylation is 3. The Morgan fingerprint density at radius 1 is 0.724 bits per heavy atom. The summed E-state index contributed by atoms with van der Waals surface area (Å²) in [6.45, 7) is 5.76. The molecule has 0 bridgehead atoms. The fourth-order valence-corrected chi connectivity index (χ4v) is 4.18.